The first-order valence-electron chi connectivity index (χ1n) is 6.53. The summed E-state index contributed by atoms with van der Waals surface area (Å²) in [6.07, 6.45) is 0. The van der Waals surface area contributed by atoms with Crippen LogP contribution in [0.15, 0.2) is 15.6 Å². The summed E-state index contributed by atoms with van der Waals surface area (Å²) in [5.74, 6) is 1.98. The minimum Gasteiger partial charge on any atom is -0.359 e. The molecule has 0 fully saturated rings. The number of aromatic nitrogens is 1. The van der Waals surface area contributed by atoms with Crippen molar-refractivity contribution < 1.29 is 4.52 Å². The Labute approximate surface area is 132 Å². The van der Waals surface area contributed by atoms with Crippen molar-refractivity contribution in [1.82, 2.24) is 15.8 Å². The maximum atomic E-state index is 5.25. The van der Waals surface area contributed by atoms with Crippen LogP contribution in [-0.4, -0.2) is 23.7 Å². The maximum Gasteiger partial charge on any atom is 0.191 e. The molecule has 0 saturated heterocycles. The van der Waals surface area contributed by atoms with Gasteiger partial charge in [-0.2, -0.15) is 0 Å². The molecule has 1 heterocycles. The highest BCUT2D eigenvalue weighted by Crippen LogP contribution is 2.14. The fourth-order valence-electron chi connectivity index (χ4n) is 1.43. The molecule has 19 heavy (non-hydrogen) atoms. The third kappa shape index (κ3) is 6.79. The average Bonchev–Trinajstić information content (AvgIpc) is 2.74. The van der Waals surface area contributed by atoms with Gasteiger partial charge in [0.15, 0.2) is 11.7 Å². The molecule has 0 amide bonds. The fourth-order valence-corrected chi connectivity index (χ4v) is 1.43. The quantitative estimate of drug-likeness (QED) is 0.469. The van der Waals surface area contributed by atoms with E-state index < -0.39 is 0 Å². The zero-order valence-electron chi connectivity index (χ0n) is 12.4. The predicted molar refractivity (Wildman–Crippen MR) is 89.1 cm³/mol. The lowest BCUT2D eigenvalue weighted by molar-refractivity contribution is 0.376. The Balaban J connectivity index is 0.00000324. The topological polar surface area (TPSA) is 62.5 Å². The van der Waals surface area contributed by atoms with E-state index in [0.29, 0.717) is 18.5 Å². The molecule has 1 rings (SSSR count). The normalized spacial score (nSPS) is 11.6. The molecule has 0 radical (unpaired) electrons. The Morgan fingerprint density at radius 2 is 2.05 bits per heavy atom. The summed E-state index contributed by atoms with van der Waals surface area (Å²) < 4.78 is 5.25. The van der Waals surface area contributed by atoms with E-state index in [9.17, 15) is 0 Å². The van der Waals surface area contributed by atoms with E-state index in [1.165, 1.54) is 0 Å². The zero-order valence-corrected chi connectivity index (χ0v) is 14.7. The molecule has 5 nitrogen and oxygen atoms in total. The number of nitrogens with zero attached hydrogens (tertiary/aromatic N) is 2. The second kappa shape index (κ2) is 9.17. The number of halogens is 1. The zero-order chi connectivity index (χ0) is 13.5. The van der Waals surface area contributed by atoms with Gasteiger partial charge in [-0.15, -0.1) is 24.0 Å². The van der Waals surface area contributed by atoms with E-state index in [0.717, 1.165) is 24.0 Å². The second-order valence-electron chi connectivity index (χ2n) is 4.87. The number of aliphatic imine (C=N–C) groups is 1. The molecule has 0 aromatic carbocycles. The number of guanidine groups is 1. The van der Waals surface area contributed by atoms with Crippen LogP contribution in [-0.2, 0) is 6.54 Å². The number of nitrogens with one attached hydrogen (secondary N) is 2. The van der Waals surface area contributed by atoms with Crippen molar-refractivity contribution in [3.63, 3.8) is 0 Å². The standard InChI is InChI=1S/C13H24N4O.HI/c1-6-14-13(16-10(4)5)15-8-11-7-12(9(2)3)17-18-11;/h7,9-10H,6,8H2,1-5H3,(H2,14,15,16);1H. The van der Waals surface area contributed by atoms with Crippen molar-refractivity contribution in [2.45, 2.75) is 53.1 Å². The summed E-state index contributed by atoms with van der Waals surface area (Å²) in [6.45, 7) is 11.7. The van der Waals surface area contributed by atoms with E-state index in [1.807, 2.05) is 13.0 Å². The Hall–Kier alpha value is -0.790. The molecule has 0 bridgehead atoms. The molecule has 110 valence electrons. The first-order chi connectivity index (χ1) is 8.52. The van der Waals surface area contributed by atoms with Gasteiger partial charge in [0, 0.05) is 18.7 Å². The van der Waals surface area contributed by atoms with Crippen LogP contribution in [0.2, 0.25) is 0 Å². The Morgan fingerprint density at radius 3 is 2.53 bits per heavy atom. The van der Waals surface area contributed by atoms with Crippen molar-refractivity contribution >= 4 is 29.9 Å². The Kier molecular flexibility index (Phi) is 8.79. The van der Waals surface area contributed by atoms with Gasteiger partial charge in [-0.1, -0.05) is 19.0 Å². The van der Waals surface area contributed by atoms with Crippen LogP contribution < -0.4 is 10.6 Å². The van der Waals surface area contributed by atoms with Crippen LogP contribution in [0.3, 0.4) is 0 Å². The van der Waals surface area contributed by atoms with E-state index in [4.69, 9.17) is 4.52 Å². The van der Waals surface area contributed by atoms with E-state index in [2.05, 4.69) is 48.5 Å². The number of hydrogen-bond donors (Lipinski definition) is 2. The van der Waals surface area contributed by atoms with Gasteiger partial charge in [-0.25, -0.2) is 4.99 Å². The van der Waals surface area contributed by atoms with Crippen molar-refractivity contribution in [3.05, 3.63) is 17.5 Å². The first-order valence-corrected chi connectivity index (χ1v) is 6.53. The lowest BCUT2D eigenvalue weighted by atomic mass is 10.1. The van der Waals surface area contributed by atoms with Gasteiger partial charge < -0.3 is 15.2 Å². The molecule has 1 aromatic rings. The Morgan fingerprint density at radius 1 is 1.37 bits per heavy atom. The SMILES string of the molecule is CCNC(=NCc1cc(C(C)C)no1)NC(C)C.I. The van der Waals surface area contributed by atoms with Crippen LogP contribution in [0.25, 0.3) is 0 Å². The van der Waals surface area contributed by atoms with Crippen molar-refractivity contribution in [2.75, 3.05) is 6.54 Å². The van der Waals surface area contributed by atoms with Crippen molar-refractivity contribution in [3.8, 4) is 0 Å². The molecule has 0 saturated carbocycles. The van der Waals surface area contributed by atoms with Gasteiger partial charge in [-0.05, 0) is 26.7 Å². The van der Waals surface area contributed by atoms with Gasteiger partial charge in [-0.3, -0.25) is 0 Å². The largest absolute Gasteiger partial charge is 0.359 e. The van der Waals surface area contributed by atoms with E-state index >= 15 is 0 Å². The highest BCUT2D eigenvalue weighted by molar-refractivity contribution is 14.0. The van der Waals surface area contributed by atoms with Crippen LogP contribution in [0, 0.1) is 0 Å². The molecule has 0 aliphatic rings. The lowest BCUT2D eigenvalue weighted by Crippen LogP contribution is -2.40. The van der Waals surface area contributed by atoms with Gasteiger partial charge in [0.25, 0.3) is 0 Å². The summed E-state index contributed by atoms with van der Waals surface area (Å²) in [4.78, 5) is 4.46. The number of hydrogen-bond acceptors (Lipinski definition) is 3. The third-order valence-electron chi connectivity index (χ3n) is 2.33. The highest BCUT2D eigenvalue weighted by atomic mass is 127. The van der Waals surface area contributed by atoms with Crippen molar-refractivity contribution in [2.24, 2.45) is 4.99 Å². The van der Waals surface area contributed by atoms with E-state index in [1.54, 1.807) is 0 Å². The predicted octanol–water partition coefficient (Wildman–Crippen LogP) is 2.88. The molecule has 1 aromatic heterocycles. The number of rotatable bonds is 5. The molecule has 6 heteroatoms. The minimum atomic E-state index is 0. The fraction of sp³-hybridized carbons (Fsp3) is 0.692. The summed E-state index contributed by atoms with van der Waals surface area (Å²) in [5.41, 5.74) is 0.974. The summed E-state index contributed by atoms with van der Waals surface area (Å²) in [7, 11) is 0. The molecule has 2 N–H and O–H groups in total. The third-order valence-corrected chi connectivity index (χ3v) is 2.33. The molecule has 0 atom stereocenters. The average molecular weight is 380 g/mol. The van der Waals surface area contributed by atoms with Gasteiger partial charge in [0.05, 0.1) is 5.69 Å². The summed E-state index contributed by atoms with van der Waals surface area (Å²) >= 11 is 0. The van der Waals surface area contributed by atoms with Crippen LogP contribution >= 0.6 is 24.0 Å². The Bertz CT molecular complexity index is 388. The molecular weight excluding hydrogens is 355 g/mol. The lowest BCUT2D eigenvalue weighted by Gasteiger charge is -2.13. The van der Waals surface area contributed by atoms with Gasteiger partial charge >= 0.3 is 0 Å². The maximum absolute atomic E-state index is 5.25. The highest BCUT2D eigenvalue weighted by Gasteiger charge is 2.07. The van der Waals surface area contributed by atoms with Gasteiger partial charge in [0.2, 0.25) is 0 Å². The van der Waals surface area contributed by atoms with Gasteiger partial charge in [0.1, 0.15) is 6.54 Å². The molecular formula is C13H25IN4O. The van der Waals surface area contributed by atoms with Crippen LogP contribution in [0.1, 0.15) is 52.0 Å². The molecule has 0 spiro atoms. The van der Waals surface area contributed by atoms with Crippen molar-refractivity contribution in [1.29, 1.82) is 0 Å². The second-order valence-corrected chi connectivity index (χ2v) is 4.87. The monoisotopic (exact) mass is 380 g/mol. The molecule has 0 aliphatic carbocycles. The smallest absolute Gasteiger partial charge is 0.191 e. The first kappa shape index (κ1) is 18.2. The summed E-state index contributed by atoms with van der Waals surface area (Å²) in [6, 6.07) is 2.32. The minimum absolute atomic E-state index is 0. The van der Waals surface area contributed by atoms with E-state index in [-0.39, 0.29) is 24.0 Å². The van der Waals surface area contributed by atoms with Crippen LogP contribution in [0.4, 0.5) is 0 Å². The molecule has 0 unspecified atom stereocenters. The molecule has 0 aliphatic heterocycles. The summed E-state index contributed by atoms with van der Waals surface area (Å²) in [5, 5.41) is 10.5. The van der Waals surface area contributed by atoms with Crippen LogP contribution in [0.5, 0.6) is 0 Å².